The van der Waals surface area contributed by atoms with Crippen LogP contribution in [0.15, 0.2) is 18.2 Å². The molecule has 0 saturated carbocycles. The number of likely N-dealkylation sites (tertiary alicyclic amines) is 2. The number of amides is 1. The zero-order valence-electron chi connectivity index (χ0n) is 15.2. The fourth-order valence-electron chi connectivity index (χ4n) is 5.04. The number of hydrogen-bond acceptors (Lipinski definition) is 3. The highest BCUT2D eigenvalue weighted by atomic mass is 19.1. The number of nitrogens with zero attached hydrogens (tertiary/aromatic N) is 2. The highest BCUT2D eigenvalue weighted by Gasteiger charge is 2.56. The van der Waals surface area contributed by atoms with Gasteiger partial charge in [-0.1, -0.05) is 13.8 Å². The molecule has 3 heterocycles. The zero-order chi connectivity index (χ0) is 17.6. The van der Waals surface area contributed by atoms with E-state index in [4.69, 9.17) is 0 Å². The van der Waals surface area contributed by atoms with Crippen molar-refractivity contribution in [2.75, 3.05) is 31.5 Å². The van der Waals surface area contributed by atoms with Gasteiger partial charge in [-0.05, 0) is 55.7 Å². The lowest BCUT2D eigenvalue weighted by molar-refractivity contribution is -0.151. The number of carbonyl (C=O) groups is 1. The molecule has 0 aromatic heterocycles. The molecule has 2 saturated heterocycles. The summed E-state index contributed by atoms with van der Waals surface area (Å²) in [5, 5.41) is 3.05. The van der Waals surface area contributed by atoms with Crippen LogP contribution in [0.3, 0.4) is 0 Å². The molecule has 2 fully saturated rings. The molecule has 1 aromatic rings. The van der Waals surface area contributed by atoms with Crippen molar-refractivity contribution < 1.29 is 9.18 Å². The van der Waals surface area contributed by atoms with Crippen LogP contribution in [-0.2, 0) is 10.5 Å². The quantitative estimate of drug-likeness (QED) is 0.892. The van der Waals surface area contributed by atoms with E-state index in [2.05, 4.69) is 29.0 Å². The van der Waals surface area contributed by atoms with Crippen LogP contribution in [0.1, 0.15) is 45.1 Å². The third kappa shape index (κ3) is 2.68. The lowest BCUT2D eigenvalue weighted by Crippen LogP contribution is -2.65. The van der Waals surface area contributed by atoms with E-state index in [-0.39, 0.29) is 11.7 Å². The van der Waals surface area contributed by atoms with E-state index in [1.54, 1.807) is 12.1 Å². The Bertz CT molecular complexity index is 655. The third-order valence-electron chi connectivity index (χ3n) is 6.15. The Kier molecular flexibility index (Phi) is 4.32. The fraction of sp³-hybridized carbons (Fsp3) is 0.650. The number of benzene rings is 1. The minimum absolute atomic E-state index is 0.00343. The SMILES string of the molecule is C[C@H]1CCCN(C2(N3CCC[C@H](C)C3)C(=O)Nc3ccc(F)cc32)C1. The molecule has 0 aliphatic carbocycles. The molecular formula is C20H28FN3O. The second-order valence-corrected chi connectivity index (χ2v) is 8.20. The first-order valence-electron chi connectivity index (χ1n) is 9.63. The van der Waals surface area contributed by atoms with Crippen molar-refractivity contribution >= 4 is 11.6 Å². The Morgan fingerprint density at radius 1 is 1.08 bits per heavy atom. The van der Waals surface area contributed by atoms with Crippen LogP contribution in [0.2, 0.25) is 0 Å². The topological polar surface area (TPSA) is 35.6 Å². The van der Waals surface area contributed by atoms with Gasteiger partial charge in [0.25, 0.3) is 5.91 Å². The molecule has 1 N–H and O–H groups in total. The predicted molar refractivity (Wildman–Crippen MR) is 96.6 cm³/mol. The first-order valence-corrected chi connectivity index (χ1v) is 9.63. The molecule has 0 spiro atoms. The Hall–Kier alpha value is -1.46. The van der Waals surface area contributed by atoms with E-state index in [1.165, 1.54) is 18.9 Å². The van der Waals surface area contributed by atoms with Gasteiger partial charge in [0.2, 0.25) is 0 Å². The molecule has 136 valence electrons. The van der Waals surface area contributed by atoms with Crippen molar-refractivity contribution in [3.63, 3.8) is 0 Å². The minimum atomic E-state index is -0.846. The fourth-order valence-corrected chi connectivity index (χ4v) is 5.04. The summed E-state index contributed by atoms with van der Waals surface area (Å²) < 4.78 is 14.1. The number of hydrogen-bond donors (Lipinski definition) is 1. The van der Waals surface area contributed by atoms with E-state index in [0.717, 1.165) is 50.3 Å². The second-order valence-electron chi connectivity index (χ2n) is 8.20. The van der Waals surface area contributed by atoms with Crippen LogP contribution in [0, 0.1) is 17.7 Å². The standard InChI is InChI=1S/C20H28FN3O/c1-14-5-3-9-23(12-14)20(24-10-4-6-15(2)13-24)17-11-16(21)7-8-18(17)22-19(20)25/h7-8,11,14-15H,3-6,9-10,12-13H2,1-2H3,(H,22,25)/t14-,15-/m0/s1. The van der Waals surface area contributed by atoms with Crippen molar-refractivity contribution in [1.82, 2.24) is 9.80 Å². The molecule has 25 heavy (non-hydrogen) atoms. The maximum absolute atomic E-state index is 14.1. The van der Waals surface area contributed by atoms with Gasteiger partial charge in [0.1, 0.15) is 5.82 Å². The number of piperidine rings is 2. The number of rotatable bonds is 2. The van der Waals surface area contributed by atoms with Gasteiger partial charge in [-0.15, -0.1) is 0 Å². The molecule has 0 radical (unpaired) electrons. The van der Waals surface area contributed by atoms with Gasteiger partial charge in [-0.3, -0.25) is 14.6 Å². The molecule has 3 aliphatic rings. The molecule has 5 heteroatoms. The third-order valence-corrected chi connectivity index (χ3v) is 6.15. The van der Waals surface area contributed by atoms with Crippen molar-refractivity contribution in [3.05, 3.63) is 29.6 Å². The van der Waals surface area contributed by atoms with Crippen molar-refractivity contribution in [2.24, 2.45) is 11.8 Å². The molecule has 0 unspecified atom stereocenters. The largest absolute Gasteiger partial charge is 0.323 e. The zero-order valence-corrected chi connectivity index (χ0v) is 15.2. The Balaban J connectivity index is 1.85. The Morgan fingerprint density at radius 2 is 1.68 bits per heavy atom. The molecule has 4 rings (SSSR count). The van der Waals surface area contributed by atoms with Gasteiger partial charge in [-0.2, -0.15) is 0 Å². The van der Waals surface area contributed by atoms with Gasteiger partial charge < -0.3 is 5.32 Å². The van der Waals surface area contributed by atoms with E-state index in [0.29, 0.717) is 11.8 Å². The summed E-state index contributed by atoms with van der Waals surface area (Å²) in [5.74, 6) is 0.836. The van der Waals surface area contributed by atoms with E-state index in [1.807, 2.05) is 0 Å². The molecule has 3 aliphatic heterocycles. The Labute approximate surface area is 149 Å². The molecule has 0 bridgehead atoms. The Morgan fingerprint density at radius 3 is 2.24 bits per heavy atom. The maximum atomic E-state index is 14.1. The first-order chi connectivity index (χ1) is 12.0. The highest BCUT2D eigenvalue weighted by molar-refractivity contribution is 6.05. The monoisotopic (exact) mass is 345 g/mol. The number of nitrogens with one attached hydrogen (secondary N) is 1. The lowest BCUT2D eigenvalue weighted by atomic mass is 9.88. The summed E-state index contributed by atoms with van der Waals surface area (Å²) in [6.07, 6.45) is 4.57. The summed E-state index contributed by atoms with van der Waals surface area (Å²) in [4.78, 5) is 18.0. The first kappa shape index (κ1) is 17.0. The van der Waals surface area contributed by atoms with Gasteiger partial charge in [0.05, 0.1) is 0 Å². The predicted octanol–water partition coefficient (Wildman–Crippen LogP) is 3.39. The van der Waals surface area contributed by atoms with E-state index >= 15 is 0 Å². The van der Waals surface area contributed by atoms with Crippen LogP contribution in [0.4, 0.5) is 10.1 Å². The van der Waals surface area contributed by atoms with E-state index in [9.17, 15) is 9.18 Å². The number of carbonyl (C=O) groups excluding carboxylic acids is 1. The lowest BCUT2D eigenvalue weighted by Gasteiger charge is -2.51. The average molecular weight is 345 g/mol. The van der Waals surface area contributed by atoms with Crippen molar-refractivity contribution in [1.29, 1.82) is 0 Å². The van der Waals surface area contributed by atoms with Gasteiger partial charge in [0.15, 0.2) is 5.66 Å². The summed E-state index contributed by atoms with van der Waals surface area (Å²) in [5.41, 5.74) is 0.726. The van der Waals surface area contributed by atoms with Gasteiger partial charge >= 0.3 is 0 Å². The molecule has 1 amide bonds. The number of fused-ring (bicyclic) bond motifs is 1. The van der Waals surface area contributed by atoms with Crippen LogP contribution < -0.4 is 5.32 Å². The minimum Gasteiger partial charge on any atom is -0.323 e. The van der Waals surface area contributed by atoms with E-state index < -0.39 is 5.66 Å². The van der Waals surface area contributed by atoms with Crippen LogP contribution in [0.5, 0.6) is 0 Å². The smallest absolute Gasteiger partial charge is 0.264 e. The number of anilines is 1. The molecule has 1 aromatic carbocycles. The second kappa shape index (κ2) is 6.36. The molecular weight excluding hydrogens is 317 g/mol. The normalized spacial score (nSPS) is 30.1. The van der Waals surface area contributed by atoms with Crippen LogP contribution in [-0.4, -0.2) is 41.9 Å². The summed E-state index contributed by atoms with van der Waals surface area (Å²) in [6.45, 7) is 8.04. The highest BCUT2D eigenvalue weighted by Crippen LogP contribution is 2.46. The van der Waals surface area contributed by atoms with Crippen molar-refractivity contribution in [2.45, 2.75) is 45.2 Å². The average Bonchev–Trinajstić information content (AvgIpc) is 2.87. The van der Waals surface area contributed by atoms with Gasteiger partial charge in [0, 0.05) is 37.4 Å². The summed E-state index contributed by atoms with van der Waals surface area (Å²) >= 11 is 0. The molecule has 2 atom stereocenters. The summed E-state index contributed by atoms with van der Waals surface area (Å²) in [6, 6.07) is 4.73. The molecule has 4 nitrogen and oxygen atoms in total. The van der Waals surface area contributed by atoms with Crippen LogP contribution >= 0.6 is 0 Å². The maximum Gasteiger partial charge on any atom is 0.264 e. The van der Waals surface area contributed by atoms with Gasteiger partial charge in [-0.25, -0.2) is 4.39 Å². The van der Waals surface area contributed by atoms with Crippen molar-refractivity contribution in [3.8, 4) is 0 Å². The number of halogens is 1. The summed E-state index contributed by atoms with van der Waals surface area (Å²) in [7, 11) is 0. The van der Waals surface area contributed by atoms with Crippen LogP contribution in [0.25, 0.3) is 0 Å².